The molecular weight excluding hydrogens is 252 g/mol. The van der Waals surface area contributed by atoms with Gasteiger partial charge in [-0.25, -0.2) is 0 Å². The summed E-state index contributed by atoms with van der Waals surface area (Å²) in [5.41, 5.74) is -0.142. The van der Waals surface area contributed by atoms with Crippen molar-refractivity contribution < 1.29 is 9.59 Å². The minimum Gasteiger partial charge on any atom is -0.342 e. The SMILES string of the molecule is CC(C)C1NC(=O)C(C(C)C)N(C2(C)CCCC2)C1=O. The summed E-state index contributed by atoms with van der Waals surface area (Å²) < 4.78 is 0. The summed E-state index contributed by atoms with van der Waals surface area (Å²) in [5.74, 6) is 0.408. The highest BCUT2D eigenvalue weighted by Crippen LogP contribution is 2.39. The molecule has 1 N–H and O–H groups in total. The molecule has 0 aromatic heterocycles. The monoisotopic (exact) mass is 280 g/mol. The molecule has 2 fully saturated rings. The van der Waals surface area contributed by atoms with E-state index in [1.807, 2.05) is 32.6 Å². The van der Waals surface area contributed by atoms with Gasteiger partial charge in [0.1, 0.15) is 12.1 Å². The summed E-state index contributed by atoms with van der Waals surface area (Å²) in [6, 6.07) is -0.685. The molecule has 0 aromatic carbocycles. The van der Waals surface area contributed by atoms with Gasteiger partial charge < -0.3 is 10.2 Å². The Bertz CT molecular complexity index is 397. The van der Waals surface area contributed by atoms with Gasteiger partial charge in [-0.3, -0.25) is 9.59 Å². The van der Waals surface area contributed by atoms with Crippen molar-refractivity contribution >= 4 is 11.8 Å². The Morgan fingerprint density at radius 3 is 2.10 bits per heavy atom. The van der Waals surface area contributed by atoms with E-state index in [1.54, 1.807) is 0 Å². The number of hydrogen-bond acceptors (Lipinski definition) is 2. The molecule has 2 unspecified atom stereocenters. The van der Waals surface area contributed by atoms with Gasteiger partial charge in [-0.15, -0.1) is 0 Å². The summed E-state index contributed by atoms with van der Waals surface area (Å²) in [4.78, 5) is 27.4. The molecule has 4 nitrogen and oxygen atoms in total. The van der Waals surface area contributed by atoms with Crippen molar-refractivity contribution in [2.24, 2.45) is 11.8 Å². The third kappa shape index (κ3) is 2.45. The number of nitrogens with one attached hydrogen (secondary N) is 1. The first kappa shape index (κ1) is 15.3. The maximum Gasteiger partial charge on any atom is 0.246 e. The van der Waals surface area contributed by atoms with Gasteiger partial charge in [-0.05, 0) is 31.6 Å². The van der Waals surface area contributed by atoms with Crippen LogP contribution in [0.5, 0.6) is 0 Å². The highest BCUT2D eigenvalue weighted by molar-refractivity contribution is 5.97. The maximum atomic E-state index is 12.9. The number of piperazine rings is 1. The van der Waals surface area contributed by atoms with Gasteiger partial charge in [0.2, 0.25) is 11.8 Å². The minimum atomic E-state index is -0.366. The number of carbonyl (C=O) groups is 2. The Labute approximate surface area is 122 Å². The summed E-state index contributed by atoms with van der Waals surface area (Å²) in [6.07, 6.45) is 4.33. The third-order valence-electron chi connectivity index (χ3n) is 4.91. The number of carbonyl (C=O) groups excluding carboxylic acids is 2. The molecule has 1 aliphatic heterocycles. The molecule has 4 heteroatoms. The molecule has 1 saturated heterocycles. The average molecular weight is 280 g/mol. The second kappa shape index (κ2) is 5.38. The van der Waals surface area contributed by atoms with Crippen LogP contribution in [-0.4, -0.2) is 34.3 Å². The van der Waals surface area contributed by atoms with E-state index >= 15 is 0 Å². The lowest BCUT2D eigenvalue weighted by Gasteiger charge is -2.50. The first-order chi connectivity index (χ1) is 9.28. The van der Waals surface area contributed by atoms with Crippen molar-refractivity contribution in [1.82, 2.24) is 10.2 Å². The molecule has 0 radical (unpaired) electrons. The summed E-state index contributed by atoms with van der Waals surface area (Å²) >= 11 is 0. The number of amides is 2. The van der Waals surface area contributed by atoms with E-state index in [-0.39, 0.29) is 41.3 Å². The highest BCUT2D eigenvalue weighted by Gasteiger charge is 2.50. The van der Waals surface area contributed by atoms with Crippen LogP contribution in [-0.2, 0) is 9.59 Å². The molecule has 2 aliphatic rings. The van der Waals surface area contributed by atoms with Crippen LogP contribution in [0.3, 0.4) is 0 Å². The first-order valence-electron chi connectivity index (χ1n) is 7.91. The van der Waals surface area contributed by atoms with Gasteiger partial charge in [-0.2, -0.15) is 0 Å². The Kier molecular flexibility index (Phi) is 4.12. The highest BCUT2D eigenvalue weighted by atomic mass is 16.2. The number of hydrogen-bond donors (Lipinski definition) is 1. The molecule has 114 valence electrons. The van der Waals surface area contributed by atoms with Crippen LogP contribution < -0.4 is 5.32 Å². The topological polar surface area (TPSA) is 49.4 Å². The molecule has 20 heavy (non-hydrogen) atoms. The van der Waals surface area contributed by atoms with Crippen LogP contribution in [0.25, 0.3) is 0 Å². The van der Waals surface area contributed by atoms with Crippen LogP contribution in [0.2, 0.25) is 0 Å². The minimum absolute atomic E-state index is 0.0198. The molecule has 1 aliphatic carbocycles. The average Bonchev–Trinajstić information content (AvgIpc) is 2.78. The molecular formula is C16H28N2O2. The Hall–Kier alpha value is -1.06. The van der Waals surface area contributed by atoms with E-state index in [0.29, 0.717) is 0 Å². The Morgan fingerprint density at radius 1 is 1.10 bits per heavy atom. The van der Waals surface area contributed by atoms with Gasteiger partial charge in [-0.1, -0.05) is 40.5 Å². The van der Waals surface area contributed by atoms with Crippen molar-refractivity contribution in [2.45, 2.75) is 77.9 Å². The van der Waals surface area contributed by atoms with E-state index in [0.717, 1.165) is 25.7 Å². The fraction of sp³-hybridized carbons (Fsp3) is 0.875. The predicted molar refractivity (Wildman–Crippen MR) is 79.1 cm³/mol. The lowest BCUT2D eigenvalue weighted by molar-refractivity contribution is -0.160. The molecule has 2 rings (SSSR count). The van der Waals surface area contributed by atoms with Crippen LogP contribution in [0.4, 0.5) is 0 Å². The van der Waals surface area contributed by atoms with Gasteiger partial charge >= 0.3 is 0 Å². The van der Waals surface area contributed by atoms with Crippen LogP contribution in [0, 0.1) is 11.8 Å². The van der Waals surface area contributed by atoms with Crippen molar-refractivity contribution in [3.63, 3.8) is 0 Å². The molecule has 0 bridgehead atoms. The first-order valence-corrected chi connectivity index (χ1v) is 7.91. The van der Waals surface area contributed by atoms with Gasteiger partial charge in [0.05, 0.1) is 0 Å². The van der Waals surface area contributed by atoms with Crippen molar-refractivity contribution in [2.75, 3.05) is 0 Å². The van der Waals surface area contributed by atoms with Gasteiger partial charge in [0, 0.05) is 5.54 Å². The summed E-state index contributed by atoms with van der Waals surface area (Å²) in [6.45, 7) is 10.2. The molecule has 2 amide bonds. The van der Waals surface area contributed by atoms with E-state index in [9.17, 15) is 9.59 Å². The van der Waals surface area contributed by atoms with Crippen molar-refractivity contribution in [1.29, 1.82) is 0 Å². The van der Waals surface area contributed by atoms with E-state index < -0.39 is 0 Å². The molecule has 1 saturated carbocycles. The number of nitrogens with zero attached hydrogens (tertiary/aromatic N) is 1. The fourth-order valence-electron chi connectivity index (χ4n) is 3.74. The molecule has 2 atom stereocenters. The Balaban J connectivity index is 2.39. The van der Waals surface area contributed by atoms with Gasteiger partial charge in [0.15, 0.2) is 0 Å². The Morgan fingerprint density at radius 2 is 1.65 bits per heavy atom. The molecule has 0 spiro atoms. The summed E-state index contributed by atoms with van der Waals surface area (Å²) in [5, 5.41) is 2.94. The lowest BCUT2D eigenvalue weighted by atomic mass is 9.86. The van der Waals surface area contributed by atoms with Gasteiger partial charge in [0.25, 0.3) is 0 Å². The molecule has 1 heterocycles. The maximum absolute atomic E-state index is 12.9. The second-order valence-corrected chi connectivity index (χ2v) is 7.33. The predicted octanol–water partition coefficient (Wildman–Crippen LogP) is 2.33. The second-order valence-electron chi connectivity index (χ2n) is 7.33. The van der Waals surface area contributed by atoms with Crippen LogP contribution in [0.1, 0.15) is 60.3 Å². The largest absolute Gasteiger partial charge is 0.342 e. The van der Waals surface area contributed by atoms with Crippen LogP contribution >= 0.6 is 0 Å². The smallest absolute Gasteiger partial charge is 0.246 e. The zero-order chi connectivity index (χ0) is 15.1. The molecule has 0 aromatic rings. The number of rotatable bonds is 3. The normalized spacial score (nSPS) is 30.2. The van der Waals surface area contributed by atoms with Crippen molar-refractivity contribution in [3.8, 4) is 0 Å². The van der Waals surface area contributed by atoms with E-state index in [1.165, 1.54) is 0 Å². The van der Waals surface area contributed by atoms with E-state index in [4.69, 9.17) is 0 Å². The third-order valence-corrected chi connectivity index (χ3v) is 4.91. The quantitative estimate of drug-likeness (QED) is 0.862. The lowest BCUT2D eigenvalue weighted by Crippen LogP contribution is -2.70. The summed E-state index contributed by atoms with van der Waals surface area (Å²) in [7, 11) is 0. The van der Waals surface area contributed by atoms with Crippen LogP contribution in [0.15, 0.2) is 0 Å². The zero-order valence-electron chi connectivity index (χ0n) is 13.4. The standard InChI is InChI=1S/C16H28N2O2/c1-10(2)12-15(20)18(16(5)8-6-7-9-16)13(11(3)4)14(19)17-12/h10-13H,6-9H2,1-5H3,(H,17,19). The van der Waals surface area contributed by atoms with E-state index in [2.05, 4.69) is 12.2 Å². The van der Waals surface area contributed by atoms with Crippen molar-refractivity contribution in [3.05, 3.63) is 0 Å². The fourth-order valence-corrected chi connectivity index (χ4v) is 3.74. The zero-order valence-corrected chi connectivity index (χ0v) is 13.4.